The van der Waals surface area contributed by atoms with Crippen LogP contribution in [0.2, 0.25) is 0 Å². The van der Waals surface area contributed by atoms with Crippen LogP contribution in [0.15, 0.2) is 0 Å². The van der Waals surface area contributed by atoms with E-state index in [2.05, 4.69) is 24.9 Å². The molecule has 0 aromatic heterocycles. The van der Waals surface area contributed by atoms with Gasteiger partial charge in [-0.05, 0) is 43.9 Å². The summed E-state index contributed by atoms with van der Waals surface area (Å²) in [6, 6.07) is 0.533. The Hall–Kier alpha value is 0.310. The van der Waals surface area contributed by atoms with E-state index < -0.39 is 0 Å². The van der Waals surface area contributed by atoms with Gasteiger partial charge in [0.15, 0.2) is 0 Å². The Balaban J connectivity index is 2.34. The molecule has 1 saturated heterocycles. The molecule has 3 atom stereocenters. The second-order valence-corrected chi connectivity index (χ2v) is 3.88. The molecular formula is C9H17NS. The predicted molar refractivity (Wildman–Crippen MR) is 51.8 cm³/mol. The maximum atomic E-state index is 5.60. The summed E-state index contributed by atoms with van der Waals surface area (Å²) in [5, 5.41) is 3.45. The lowest BCUT2D eigenvalue weighted by Crippen LogP contribution is -2.44. The van der Waals surface area contributed by atoms with Crippen molar-refractivity contribution in [3.05, 3.63) is 6.92 Å². The van der Waals surface area contributed by atoms with Crippen molar-refractivity contribution in [2.75, 3.05) is 12.3 Å². The summed E-state index contributed by atoms with van der Waals surface area (Å²) in [6.07, 6.45) is 2.04. The summed E-state index contributed by atoms with van der Waals surface area (Å²) < 4.78 is 0. The molecule has 0 amide bonds. The van der Waals surface area contributed by atoms with Gasteiger partial charge in [-0.1, -0.05) is 6.92 Å². The van der Waals surface area contributed by atoms with Crippen LogP contribution in [0.3, 0.4) is 0 Å². The van der Waals surface area contributed by atoms with Crippen molar-refractivity contribution in [2.24, 2.45) is 11.8 Å². The van der Waals surface area contributed by atoms with Crippen LogP contribution in [0, 0.1) is 18.8 Å². The summed E-state index contributed by atoms with van der Waals surface area (Å²) in [6.45, 7) is 8.96. The van der Waals surface area contributed by atoms with Crippen molar-refractivity contribution in [3.8, 4) is 0 Å². The van der Waals surface area contributed by atoms with E-state index in [1.807, 2.05) is 0 Å². The van der Waals surface area contributed by atoms with Gasteiger partial charge in [0.2, 0.25) is 0 Å². The molecule has 1 rings (SSSR count). The minimum absolute atomic E-state index is 0.533. The fourth-order valence-corrected chi connectivity index (χ4v) is 2.03. The van der Waals surface area contributed by atoms with Crippen molar-refractivity contribution in [1.29, 1.82) is 0 Å². The van der Waals surface area contributed by atoms with Crippen molar-refractivity contribution >= 4 is 12.6 Å². The largest absolute Gasteiger partial charge is 0.313 e. The fourth-order valence-electron chi connectivity index (χ4n) is 1.75. The molecule has 1 nitrogen and oxygen atoms in total. The molecule has 11 heavy (non-hydrogen) atoms. The molecule has 1 N–H and O–H groups in total. The topological polar surface area (TPSA) is 12.0 Å². The van der Waals surface area contributed by atoms with E-state index in [1.54, 1.807) is 0 Å². The number of thiol groups is 1. The first-order valence-electron chi connectivity index (χ1n) is 4.32. The van der Waals surface area contributed by atoms with E-state index in [0.29, 0.717) is 12.0 Å². The zero-order chi connectivity index (χ0) is 8.27. The van der Waals surface area contributed by atoms with Gasteiger partial charge in [-0.2, -0.15) is 12.6 Å². The molecule has 0 saturated carbocycles. The van der Waals surface area contributed by atoms with Crippen molar-refractivity contribution in [3.63, 3.8) is 0 Å². The van der Waals surface area contributed by atoms with Crippen LogP contribution in [0.1, 0.15) is 19.8 Å². The maximum Gasteiger partial charge on any atom is 0.00957 e. The molecule has 1 aliphatic heterocycles. The Morgan fingerprint density at radius 2 is 2.36 bits per heavy atom. The number of nitrogens with one attached hydrogen (secondary N) is 1. The fraction of sp³-hybridized carbons (Fsp3) is 0.889. The minimum atomic E-state index is 0.533. The van der Waals surface area contributed by atoms with Crippen molar-refractivity contribution in [1.82, 2.24) is 5.32 Å². The lowest BCUT2D eigenvalue weighted by Gasteiger charge is -2.34. The van der Waals surface area contributed by atoms with Crippen LogP contribution in [0.25, 0.3) is 0 Å². The third-order valence-electron chi connectivity index (χ3n) is 2.57. The van der Waals surface area contributed by atoms with Crippen LogP contribution in [0.4, 0.5) is 0 Å². The van der Waals surface area contributed by atoms with Gasteiger partial charge in [-0.3, -0.25) is 0 Å². The van der Waals surface area contributed by atoms with Gasteiger partial charge in [0, 0.05) is 6.04 Å². The molecule has 64 valence electrons. The van der Waals surface area contributed by atoms with E-state index in [1.165, 1.54) is 6.42 Å². The SMILES string of the molecule is [CH]CC1NCC(CS)CC1C. The highest BCUT2D eigenvalue weighted by Gasteiger charge is 2.24. The molecule has 1 heterocycles. The standard InChI is InChI=1S/C9H17NS/c1-3-9-7(2)4-8(6-11)5-10-9/h1,7-11H,3-6H2,2H3. The molecule has 0 spiro atoms. The molecule has 1 aliphatic rings. The van der Waals surface area contributed by atoms with Crippen LogP contribution in [-0.2, 0) is 0 Å². The van der Waals surface area contributed by atoms with Crippen LogP contribution < -0.4 is 5.32 Å². The monoisotopic (exact) mass is 171 g/mol. The lowest BCUT2D eigenvalue weighted by atomic mass is 9.86. The first kappa shape index (κ1) is 9.40. The zero-order valence-electron chi connectivity index (χ0n) is 7.09. The van der Waals surface area contributed by atoms with Gasteiger partial charge < -0.3 is 5.32 Å². The Morgan fingerprint density at radius 1 is 1.64 bits per heavy atom. The Labute approximate surface area is 75.4 Å². The molecule has 2 heteroatoms. The lowest BCUT2D eigenvalue weighted by molar-refractivity contribution is 0.247. The summed E-state index contributed by atoms with van der Waals surface area (Å²) >= 11 is 4.29. The summed E-state index contributed by atoms with van der Waals surface area (Å²) in [5.41, 5.74) is 0. The van der Waals surface area contributed by atoms with Gasteiger partial charge in [0.1, 0.15) is 0 Å². The first-order valence-corrected chi connectivity index (χ1v) is 4.95. The first-order chi connectivity index (χ1) is 5.27. The summed E-state index contributed by atoms with van der Waals surface area (Å²) in [4.78, 5) is 0. The molecule has 3 unspecified atom stereocenters. The number of rotatable bonds is 2. The van der Waals surface area contributed by atoms with E-state index in [0.717, 1.165) is 24.6 Å². The minimum Gasteiger partial charge on any atom is -0.313 e. The Morgan fingerprint density at radius 3 is 2.82 bits per heavy atom. The molecule has 1 fully saturated rings. The highest BCUT2D eigenvalue weighted by molar-refractivity contribution is 7.80. The zero-order valence-corrected chi connectivity index (χ0v) is 7.98. The molecule has 0 aliphatic carbocycles. The average Bonchev–Trinajstić information content (AvgIpc) is 2.04. The van der Waals surface area contributed by atoms with Crippen LogP contribution in [0.5, 0.6) is 0 Å². The van der Waals surface area contributed by atoms with Gasteiger partial charge in [0.25, 0.3) is 0 Å². The third kappa shape index (κ3) is 2.38. The molecule has 2 radical (unpaired) electrons. The second kappa shape index (κ2) is 4.36. The second-order valence-electron chi connectivity index (χ2n) is 3.51. The summed E-state index contributed by atoms with van der Waals surface area (Å²) in [5.74, 6) is 2.45. The molecule has 0 bridgehead atoms. The van der Waals surface area contributed by atoms with E-state index in [-0.39, 0.29) is 0 Å². The highest BCUT2D eigenvalue weighted by Crippen LogP contribution is 2.22. The van der Waals surface area contributed by atoms with Gasteiger partial charge >= 0.3 is 0 Å². The van der Waals surface area contributed by atoms with E-state index in [9.17, 15) is 0 Å². The van der Waals surface area contributed by atoms with E-state index >= 15 is 0 Å². The van der Waals surface area contributed by atoms with E-state index in [4.69, 9.17) is 6.92 Å². The maximum absolute atomic E-state index is 5.60. The normalized spacial score (nSPS) is 39.0. The quantitative estimate of drug-likeness (QED) is 0.602. The number of hydrogen-bond acceptors (Lipinski definition) is 2. The van der Waals surface area contributed by atoms with Crippen molar-refractivity contribution < 1.29 is 0 Å². The Kier molecular flexibility index (Phi) is 3.73. The smallest absolute Gasteiger partial charge is 0.00957 e. The van der Waals surface area contributed by atoms with Crippen molar-refractivity contribution in [2.45, 2.75) is 25.8 Å². The predicted octanol–water partition coefficient (Wildman–Crippen LogP) is 1.63. The van der Waals surface area contributed by atoms with Crippen LogP contribution >= 0.6 is 12.6 Å². The molecule has 0 aromatic carbocycles. The number of hydrogen-bond donors (Lipinski definition) is 2. The van der Waals surface area contributed by atoms with Gasteiger partial charge in [-0.15, -0.1) is 0 Å². The van der Waals surface area contributed by atoms with Crippen LogP contribution in [-0.4, -0.2) is 18.3 Å². The van der Waals surface area contributed by atoms with Gasteiger partial charge in [0.05, 0.1) is 0 Å². The molecule has 0 aromatic rings. The summed E-state index contributed by atoms with van der Waals surface area (Å²) in [7, 11) is 0. The third-order valence-corrected chi connectivity index (χ3v) is 3.09. The highest BCUT2D eigenvalue weighted by atomic mass is 32.1. The molecular weight excluding hydrogens is 154 g/mol. The number of piperidine rings is 1. The van der Waals surface area contributed by atoms with Gasteiger partial charge in [-0.25, -0.2) is 0 Å². The Bertz CT molecular complexity index is 116. The average molecular weight is 171 g/mol.